The fourth-order valence-corrected chi connectivity index (χ4v) is 3.79. The van der Waals surface area contributed by atoms with Crippen molar-refractivity contribution >= 4 is 37.5 Å². The van der Waals surface area contributed by atoms with Gasteiger partial charge in [-0.1, -0.05) is 23.8 Å². The largest absolute Gasteiger partial charge is 0.379 e. The molecule has 2 aromatic carbocycles. The SMILES string of the molecule is Cc1ccc(CNc2c(Br)cc(C)cc2Br)c(C)c1. The number of nitrogens with one attached hydrogen (secondary N) is 1. The molecule has 0 amide bonds. The summed E-state index contributed by atoms with van der Waals surface area (Å²) in [7, 11) is 0. The number of benzene rings is 2. The zero-order chi connectivity index (χ0) is 14.0. The molecule has 0 saturated heterocycles. The molecule has 2 aromatic rings. The minimum absolute atomic E-state index is 0.826. The van der Waals surface area contributed by atoms with Gasteiger partial charge in [-0.25, -0.2) is 0 Å². The summed E-state index contributed by atoms with van der Waals surface area (Å²) in [6.45, 7) is 7.19. The third-order valence-corrected chi connectivity index (χ3v) is 4.39. The van der Waals surface area contributed by atoms with Crippen LogP contribution in [-0.4, -0.2) is 0 Å². The van der Waals surface area contributed by atoms with Gasteiger partial charge in [0.15, 0.2) is 0 Å². The van der Waals surface area contributed by atoms with Crippen molar-refractivity contribution in [3.8, 4) is 0 Å². The quantitative estimate of drug-likeness (QED) is 0.712. The standard InChI is InChI=1S/C16H17Br2N/c1-10-4-5-13(12(3)6-10)9-19-16-14(17)7-11(2)8-15(16)18/h4-8,19H,9H2,1-3H3. The Morgan fingerprint density at radius 1 is 0.895 bits per heavy atom. The number of rotatable bonds is 3. The minimum atomic E-state index is 0.826. The van der Waals surface area contributed by atoms with Crippen LogP contribution >= 0.6 is 31.9 Å². The number of hydrogen-bond acceptors (Lipinski definition) is 1. The minimum Gasteiger partial charge on any atom is -0.379 e. The van der Waals surface area contributed by atoms with E-state index in [4.69, 9.17) is 0 Å². The van der Waals surface area contributed by atoms with Crippen molar-refractivity contribution in [2.45, 2.75) is 27.3 Å². The highest BCUT2D eigenvalue weighted by molar-refractivity contribution is 9.11. The van der Waals surface area contributed by atoms with Crippen LogP contribution in [0.4, 0.5) is 5.69 Å². The fraction of sp³-hybridized carbons (Fsp3) is 0.250. The van der Waals surface area contributed by atoms with Crippen LogP contribution in [-0.2, 0) is 6.54 Å². The Morgan fingerprint density at radius 2 is 1.53 bits per heavy atom. The Labute approximate surface area is 131 Å². The van der Waals surface area contributed by atoms with Gasteiger partial charge in [0.25, 0.3) is 0 Å². The van der Waals surface area contributed by atoms with Crippen LogP contribution in [0.3, 0.4) is 0 Å². The maximum absolute atomic E-state index is 3.61. The van der Waals surface area contributed by atoms with E-state index in [0.29, 0.717) is 0 Å². The van der Waals surface area contributed by atoms with E-state index >= 15 is 0 Å². The molecule has 0 aromatic heterocycles. The van der Waals surface area contributed by atoms with Gasteiger partial charge in [0.05, 0.1) is 5.69 Å². The smallest absolute Gasteiger partial charge is 0.0631 e. The molecule has 0 atom stereocenters. The van der Waals surface area contributed by atoms with Crippen LogP contribution in [0.1, 0.15) is 22.3 Å². The zero-order valence-corrected chi connectivity index (χ0v) is 14.5. The molecule has 0 aliphatic rings. The van der Waals surface area contributed by atoms with Gasteiger partial charge in [0, 0.05) is 15.5 Å². The summed E-state index contributed by atoms with van der Waals surface area (Å²) >= 11 is 7.22. The van der Waals surface area contributed by atoms with Crippen LogP contribution < -0.4 is 5.32 Å². The fourth-order valence-electron chi connectivity index (χ4n) is 2.10. The van der Waals surface area contributed by atoms with Gasteiger partial charge in [-0.3, -0.25) is 0 Å². The van der Waals surface area contributed by atoms with Crippen molar-refractivity contribution in [1.29, 1.82) is 0 Å². The molecular weight excluding hydrogens is 366 g/mol. The first-order chi connectivity index (χ1) is 8.97. The Hall–Kier alpha value is -0.800. The lowest BCUT2D eigenvalue weighted by atomic mass is 10.1. The Balaban J connectivity index is 2.19. The zero-order valence-electron chi connectivity index (χ0n) is 11.3. The summed E-state index contributed by atoms with van der Waals surface area (Å²) in [5, 5.41) is 3.49. The van der Waals surface area contributed by atoms with E-state index in [-0.39, 0.29) is 0 Å². The molecule has 0 fully saturated rings. The second-order valence-corrected chi connectivity index (χ2v) is 6.60. The third-order valence-electron chi connectivity index (χ3n) is 3.14. The molecule has 0 saturated carbocycles. The van der Waals surface area contributed by atoms with Crippen molar-refractivity contribution in [2.75, 3.05) is 5.32 Å². The normalized spacial score (nSPS) is 10.6. The summed E-state index contributed by atoms with van der Waals surface area (Å²) < 4.78 is 2.17. The van der Waals surface area contributed by atoms with Crippen LogP contribution in [0.5, 0.6) is 0 Å². The molecule has 100 valence electrons. The molecule has 0 heterocycles. The van der Waals surface area contributed by atoms with Crippen LogP contribution in [0.2, 0.25) is 0 Å². The van der Waals surface area contributed by atoms with Crippen molar-refractivity contribution in [1.82, 2.24) is 0 Å². The third kappa shape index (κ3) is 3.61. The van der Waals surface area contributed by atoms with E-state index in [1.165, 1.54) is 22.3 Å². The summed E-state index contributed by atoms with van der Waals surface area (Å²) in [5.41, 5.74) is 6.29. The molecule has 3 heteroatoms. The molecule has 2 rings (SSSR count). The Morgan fingerprint density at radius 3 is 2.11 bits per heavy atom. The second-order valence-electron chi connectivity index (χ2n) is 4.89. The van der Waals surface area contributed by atoms with Gasteiger partial charge in [0.1, 0.15) is 0 Å². The first kappa shape index (κ1) is 14.6. The molecule has 1 N–H and O–H groups in total. The highest BCUT2D eigenvalue weighted by Gasteiger charge is 2.06. The topological polar surface area (TPSA) is 12.0 Å². The van der Waals surface area contributed by atoms with E-state index in [1.54, 1.807) is 0 Å². The van der Waals surface area contributed by atoms with Crippen LogP contribution in [0.15, 0.2) is 39.3 Å². The maximum Gasteiger partial charge on any atom is 0.0631 e. The lowest BCUT2D eigenvalue weighted by Gasteiger charge is -2.13. The summed E-state index contributed by atoms with van der Waals surface area (Å²) in [4.78, 5) is 0. The van der Waals surface area contributed by atoms with E-state index < -0.39 is 0 Å². The van der Waals surface area contributed by atoms with E-state index in [1.807, 2.05) is 0 Å². The number of anilines is 1. The van der Waals surface area contributed by atoms with Crippen molar-refractivity contribution in [2.24, 2.45) is 0 Å². The van der Waals surface area contributed by atoms with E-state index in [2.05, 4.69) is 88.3 Å². The average molecular weight is 383 g/mol. The van der Waals surface area contributed by atoms with Gasteiger partial charge in [-0.05, 0) is 81.5 Å². The second kappa shape index (κ2) is 6.10. The number of hydrogen-bond donors (Lipinski definition) is 1. The number of aryl methyl sites for hydroxylation is 3. The average Bonchev–Trinajstić information content (AvgIpc) is 2.30. The maximum atomic E-state index is 3.61. The molecule has 0 aliphatic heterocycles. The van der Waals surface area contributed by atoms with Gasteiger partial charge in [-0.2, -0.15) is 0 Å². The van der Waals surface area contributed by atoms with Gasteiger partial charge in [0.2, 0.25) is 0 Å². The molecular formula is C16H17Br2N. The molecule has 1 nitrogen and oxygen atoms in total. The van der Waals surface area contributed by atoms with Crippen molar-refractivity contribution < 1.29 is 0 Å². The first-order valence-corrected chi connectivity index (χ1v) is 7.81. The molecule has 0 bridgehead atoms. The van der Waals surface area contributed by atoms with Crippen molar-refractivity contribution in [3.63, 3.8) is 0 Å². The Bertz CT molecular complexity index is 583. The lowest BCUT2D eigenvalue weighted by Crippen LogP contribution is -2.03. The van der Waals surface area contributed by atoms with Crippen molar-refractivity contribution in [3.05, 3.63) is 61.5 Å². The molecule has 0 radical (unpaired) electrons. The summed E-state index contributed by atoms with van der Waals surface area (Å²) in [6.07, 6.45) is 0. The molecule has 0 unspecified atom stereocenters. The van der Waals surface area contributed by atoms with Gasteiger partial charge in [-0.15, -0.1) is 0 Å². The molecule has 0 spiro atoms. The van der Waals surface area contributed by atoms with Gasteiger partial charge >= 0.3 is 0 Å². The summed E-state index contributed by atoms with van der Waals surface area (Å²) in [5.74, 6) is 0. The first-order valence-electron chi connectivity index (χ1n) is 6.23. The highest BCUT2D eigenvalue weighted by atomic mass is 79.9. The predicted octanol–water partition coefficient (Wildman–Crippen LogP) is 5.75. The molecule has 0 aliphatic carbocycles. The van der Waals surface area contributed by atoms with Crippen LogP contribution in [0.25, 0.3) is 0 Å². The van der Waals surface area contributed by atoms with E-state index in [0.717, 1.165) is 21.2 Å². The van der Waals surface area contributed by atoms with Crippen LogP contribution in [0, 0.1) is 20.8 Å². The summed E-state index contributed by atoms with van der Waals surface area (Å²) in [6, 6.07) is 10.8. The van der Waals surface area contributed by atoms with E-state index in [9.17, 15) is 0 Å². The predicted molar refractivity (Wildman–Crippen MR) is 89.8 cm³/mol. The monoisotopic (exact) mass is 381 g/mol. The highest BCUT2D eigenvalue weighted by Crippen LogP contribution is 2.32. The number of halogens is 2. The lowest BCUT2D eigenvalue weighted by molar-refractivity contribution is 1.11. The van der Waals surface area contributed by atoms with Gasteiger partial charge < -0.3 is 5.32 Å². The Kier molecular flexibility index (Phi) is 4.69. The molecule has 19 heavy (non-hydrogen) atoms.